The van der Waals surface area contributed by atoms with Crippen LogP contribution in [0.1, 0.15) is 34.5 Å². The minimum atomic E-state index is -0.324. The summed E-state index contributed by atoms with van der Waals surface area (Å²) in [4.78, 5) is 23.6. The summed E-state index contributed by atoms with van der Waals surface area (Å²) in [6.07, 6.45) is 3.04. The summed E-state index contributed by atoms with van der Waals surface area (Å²) in [6, 6.07) is 15.5. The van der Waals surface area contributed by atoms with Crippen molar-refractivity contribution in [2.45, 2.75) is 25.8 Å². The number of nitrogens with one attached hydrogen (secondary N) is 1. The van der Waals surface area contributed by atoms with Crippen LogP contribution in [-0.2, 0) is 0 Å². The summed E-state index contributed by atoms with van der Waals surface area (Å²) in [5.74, 6) is 0.211. The van der Waals surface area contributed by atoms with Crippen molar-refractivity contribution in [3.05, 3.63) is 77.4 Å². The second kappa shape index (κ2) is 8.92. The Hall–Kier alpha value is -3.79. The van der Waals surface area contributed by atoms with Gasteiger partial charge in [0.1, 0.15) is 17.7 Å². The quantitative estimate of drug-likeness (QED) is 0.700. The normalized spacial score (nSPS) is 14.2. The number of carbonyl (C=O) groups excluding carboxylic acids is 1. The number of rotatable bonds is 4. The lowest BCUT2D eigenvalue weighted by atomic mass is 10.0. The highest BCUT2D eigenvalue weighted by Gasteiger charge is 2.23. The average molecular weight is 415 g/mol. The van der Waals surface area contributed by atoms with Crippen LogP contribution in [0.25, 0.3) is 11.3 Å². The lowest BCUT2D eigenvalue weighted by molar-refractivity contribution is 0.0930. The number of aromatic nitrogens is 2. The molecule has 0 aliphatic carbocycles. The molecule has 2 aromatic heterocycles. The molecule has 1 aliphatic rings. The molecule has 0 unspecified atom stereocenters. The third-order valence-corrected chi connectivity index (χ3v) is 5.41. The molecule has 1 fully saturated rings. The maximum absolute atomic E-state index is 13.4. The van der Waals surface area contributed by atoms with Crippen molar-refractivity contribution in [2.24, 2.45) is 0 Å². The number of amides is 1. The predicted octanol–water partition coefficient (Wildman–Crippen LogP) is 3.86. The van der Waals surface area contributed by atoms with E-state index in [2.05, 4.69) is 26.3 Å². The highest BCUT2D eigenvalue weighted by Crippen LogP contribution is 2.23. The first-order chi connectivity index (χ1) is 15.0. The van der Waals surface area contributed by atoms with Crippen LogP contribution in [0.15, 0.2) is 54.7 Å². The lowest BCUT2D eigenvalue weighted by Crippen LogP contribution is -2.45. The minimum absolute atomic E-state index is 0.0435. The molecule has 31 heavy (non-hydrogen) atoms. The van der Waals surface area contributed by atoms with E-state index < -0.39 is 0 Å². The molecule has 0 radical (unpaired) electrons. The maximum Gasteiger partial charge on any atom is 0.253 e. The van der Waals surface area contributed by atoms with Crippen LogP contribution in [0.3, 0.4) is 0 Å². The van der Waals surface area contributed by atoms with Crippen molar-refractivity contribution in [2.75, 3.05) is 18.0 Å². The van der Waals surface area contributed by atoms with Crippen LogP contribution in [0, 0.1) is 24.1 Å². The maximum atomic E-state index is 13.4. The zero-order valence-electron chi connectivity index (χ0n) is 17.2. The Morgan fingerprint density at radius 1 is 1.19 bits per heavy atom. The Bertz CT molecular complexity index is 1130. The number of piperidine rings is 1. The summed E-state index contributed by atoms with van der Waals surface area (Å²) in [7, 11) is 0. The molecule has 1 aromatic carbocycles. The van der Waals surface area contributed by atoms with Gasteiger partial charge in [0, 0.05) is 36.6 Å². The Kier molecular flexibility index (Phi) is 5.89. The number of hydrogen-bond acceptors (Lipinski definition) is 5. The molecule has 0 atom stereocenters. The number of aryl methyl sites for hydroxylation is 1. The molecular weight excluding hydrogens is 393 g/mol. The summed E-state index contributed by atoms with van der Waals surface area (Å²) in [6.45, 7) is 3.34. The molecule has 0 saturated carbocycles. The van der Waals surface area contributed by atoms with Crippen LogP contribution in [0.4, 0.5) is 10.2 Å². The Morgan fingerprint density at radius 3 is 2.68 bits per heavy atom. The second-order valence-electron chi connectivity index (χ2n) is 7.61. The smallest absolute Gasteiger partial charge is 0.253 e. The van der Waals surface area contributed by atoms with Crippen LogP contribution >= 0.6 is 0 Å². The minimum Gasteiger partial charge on any atom is -0.355 e. The van der Waals surface area contributed by atoms with E-state index in [1.54, 1.807) is 30.3 Å². The van der Waals surface area contributed by atoms with Gasteiger partial charge in [0.25, 0.3) is 5.91 Å². The van der Waals surface area contributed by atoms with E-state index in [4.69, 9.17) is 0 Å². The molecule has 1 N–H and O–H groups in total. The summed E-state index contributed by atoms with van der Waals surface area (Å²) in [5.41, 5.74) is 3.19. The fourth-order valence-electron chi connectivity index (χ4n) is 3.72. The van der Waals surface area contributed by atoms with E-state index in [0.717, 1.165) is 18.5 Å². The Labute approximate surface area is 180 Å². The van der Waals surface area contributed by atoms with E-state index in [1.165, 1.54) is 18.3 Å². The molecular formula is C24H22FN5O. The number of hydrogen-bond donors (Lipinski definition) is 1. The molecule has 1 aliphatic heterocycles. The number of nitriles is 1. The van der Waals surface area contributed by atoms with Gasteiger partial charge in [0.05, 0.1) is 16.8 Å². The number of carbonyl (C=O) groups is 1. The summed E-state index contributed by atoms with van der Waals surface area (Å²) < 4.78 is 13.4. The number of nitrogens with zero attached hydrogens (tertiary/aromatic N) is 4. The second-order valence-corrected chi connectivity index (χ2v) is 7.61. The molecule has 3 aromatic rings. The summed E-state index contributed by atoms with van der Waals surface area (Å²) in [5, 5.41) is 12.4. The van der Waals surface area contributed by atoms with Crippen molar-refractivity contribution in [1.29, 1.82) is 5.26 Å². The number of benzene rings is 1. The number of halogens is 1. The molecule has 7 heteroatoms. The van der Waals surface area contributed by atoms with E-state index in [-0.39, 0.29) is 17.8 Å². The highest BCUT2D eigenvalue weighted by molar-refractivity contribution is 5.94. The number of pyridine rings is 2. The number of anilines is 1. The van der Waals surface area contributed by atoms with Crippen LogP contribution < -0.4 is 10.2 Å². The van der Waals surface area contributed by atoms with Gasteiger partial charge >= 0.3 is 0 Å². The van der Waals surface area contributed by atoms with Crippen molar-refractivity contribution in [1.82, 2.24) is 15.3 Å². The molecule has 1 saturated heterocycles. The van der Waals surface area contributed by atoms with Gasteiger partial charge in [-0.15, -0.1) is 0 Å². The fourth-order valence-corrected chi connectivity index (χ4v) is 3.72. The zero-order chi connectivity index (χ0) is 21.8. The van der Waals surface area contributed by atoms with E-state index in [0.29, 0.717) is 41.3 Å². The van der Waals surface area contributed by atoms with Gasteiger partial charge < -0.3 is 10.2 Å². The molecule has 1 amide bonds. The lowest BCUT2D eigenvalue weighted by Gasteiger charge is -2.33. The highest BCUT2D eigenvalue weighted by atomic mass is 19.1. The van der Waals surface area contributed by atoms with Gasteiger partial charge in [0.2, 0.25) is 0 Å². The van der Waals surface area contributed by atoms with Crippen LogP contribution in [-0.4, -0.2) is 35.0 Å². The predicted molar refractivity (Wildman–Crippen MR) is 116 cm³/mol. The monoisotopic (exact) mass is 415 g/mol. The zero-order valence-corrected chi connectivity index (χ0v) is 17.2. The van der Waals surface area contributed by atoms with Crippen molar-refractivity contribution >= 4 is 11.7 Å². The van der Waals surface area contributed by atoms with Gasteiger partial charge in [-0.05, 0) is 56.2 Å². The topological polar surface area (TPSA) is 81.9 Å². The van der Waals surface area contributed by atoms with Crippen molar-refractivity contribution in [3.8, 4) is 17.3 Å². The Balaban J connectivity index is 1.36. The molecule has 6 nitrogen and oxygen atoms in total. The van der Waals surface area contributed by atoms with E-state index in [9.17, 15) is 14.4 Å². The van der Waals surface area contributed by atoms with Crippen LogP contribution in [0.5, 0.6) is 0 Å². The van der Waals surface area contributed by atoms with Gasteiger partial charge in [-0.2, -0.15) is 5.26 Å². The molecule has 156 valence electrons. The third-order valence-electron chi connectivity index (χ3n) is 5.41. The summed E-state index contributed by atoms with van der Waals surface area (Å²) >= 11 is 0. The first-order valence-corrected chi connectivity index (χ1v) is 10.2. The standard InChI is InChI=1S/C24H22FN5O/c1-16-5-6-18(14-26)23(28-16)30-11-9-21(10-12-30)29-24(31)19-7-8-22(27-15-19)17-3-2-4-20(25)13-17/h2-8,13,15,21H,9-12H2,1H3,(H,29,31). The Morgan fingerprint density at radius 2 is 2.00 bits per heavy atom. The largest absolute Gasteiger partial charge is 0.355 e. The van der Waals surface area contributed by atoms with Gasteiger partial charge in [-0.25, -0.2) is 9.37 Å². The molecule has 3 heterocycles. The molecule has 0 spiro atoms. The fraction of sp³-hybridized carbons (Fsp3) is 0.250. The van der Waals surface area contributed by atoms with Gasteiger partial charge in [0.15, 0.2) is 0 Å². The van der Waals surface area contributed by atoms with Crippen LogP contribution in [0.2, 0.25) is 0 Å². The molecule has 4 rings (SSSR count). The molecule has 0 bridgehead atoms. The first-order valence-electron chi connectivity index (χ1n) is 10.2. The third kappa shape index (κ3) is 4.69. The van der Waals surface area contributed by atoms with Crippen molar-refractivity contribution < 1.29 is 9.18 Å². The van der Waals surface area contributed by atoms with Gasteiger partial charge in [-0.1, -0.05) is 12.1 Å². The first kappa shape index (κ1) is 20.5. The SMILES string of the molecule is Cc1ccc(C#N)c(N2CCC(NC(=O)c3ccc(-c4cccc(F)c4)nc3)CC2)n1. The van der Waals surface area contributed by atoms with E-state index >= 15 is 0 Å². The van der Waals surface area contributed by atoms with E-state index in [1.807, 2.05) is 13.0 Å². The average Bonchev–Trinajstić information content (AvgIpc) is 2.79. The van der Waals surface area contributed by atoms with Crippen molar-refractivity contribution in [3.63, 3.8) is 0 Å². The van der Waals surface area contributed by atoms with Gasteiger partial charge in [-0.3, -0.25) is 9.78 Å².